The number of nitrogens with zero attached hydrogens (tertiary/aromatic N) is 1. The Hall–Kier alpha value is -3.30. The molecule has 9 nitrogen and oxygen atoms in total. The van der Waals surface area contributed by atoms with E-state index in [1.807, 2.05) is 0 Å². The predicted molar refractivity (Wildman–Crippen MR) is 147 cm³/mol. The summed E-state index contributed by atoms with van der Waals surface area (Å²) < 4.78 is 5.34. The molecule has 0 aliphatic heterocycles. The van der Waals surface area contributed by atoms with Crippen molar-refractivity contribution in [3.63, 3.8) is 0 Å². The standard InChI is InChI=1S/C28H38ClN3O6/c1-16(2)21(31-27(37)38-28(5,6)7)26(36)32(14-15-33)23(19-12-8-11-18(4)24(19)34)25(35)30-22-17(3)10-9-13-20(22)29/h8-13,16,21,23,33-34H,14-15H2,1-7H3,(H,30,35)(H,31,37). The van der Waals surface area contributed by atoms with E-state index in [1.165, 1.54) is 6.07 Å². The normalized spacial score (nSPS) is 13.0. The van der Waals surface area contributed by atoms with Gasteiger partial charge in [0.1, 0.15) is 23.4 Å². The summed E-state index contributed by atoms with van der Waals surface area (Å²) in [6.07, 6.45) is -0.792. The Morgan fingerprint density at radius 2 is 1.66 bits per heavy atom. The van der Waals surface area contributed by atoms with E-state index < -0.39 is 48.1 Å². The van der Waals surface area contributed by atoms with Crippen LogP contribution in [-0.4, -0.2) is 57.8 Å². The number of halogens is 1. The summed E-state index contributed by atoms with van der Waals surface area (Å²) in [4.78, 5) is 41.5. The van der Waals surface area contributed by atoms with Crippen LogP contribution < -0.4 is 10.6 Å². The van der Waals surface area contributed by atoms with Gasteiger partial charge in [0.05, 0.1) is 17.3 Å². The monoisotopic (exact) mass is 547 g/mol. The zero-order valence-electron chi connectivity index (χ0n) is 23.0. The van der Waals surface area contributed by atoms with Crippen LogP contribution in [0, 0.1) is 19.8 Å². The summed E-state index contributed by atoms with van der Waals surface area (Å²) in [7, 11) is 0. The van der Waals surface area contributed by atoms with Gasteiger partial charge < -0.3 is 30.5 Å². The molecule has 0 aliphatic rings. The number of carbonyl (C=O) groups is 3. The molecule has 2 aromatic carbocycles. The molecule has 0 radical (unpaired) electrons. The van der Waals surface area contributed by atoms with E-state index in [1.54, 1.807) is 78.8 Å². The number of alkyl carbamates (subject to hydrolysis) is 1. The number of anilines is 1. The van der Waals surface area contributed by atoms with E-state index in [9.17, 15) is 24.6 Å². The number of para-hydroxylation sites is 2. The lowest BCUT2D eigenvalue weighted by Gasteiger charge is -2.35. The Labute approximate surface area is 229 Å². The Morgan fingerprint density at radius 1 is 1.05 bits per heavy atom. The molecule has 2 aromatic rings. The van der Waals surface area contributed by atoms with Gasteiger partial charge in [-0.2, -0.15) is 0 Å². The van der Waals surface area contributed by atoms with E-state index in [2.05, 4.69) is 10.6 Å². The van der Waals surface area contributed by atoms with Crippen LogP contribution in [0.5, 0.6) is 5.75 Å². The van der Waals surface area contributed by atoms with Crippen LogP contribution in [0.1, 0.15) is 57.4 Å². The number of rotatable bonds is 9. The van der Waals surface area contributed by atoms with E-state index in [4.69, 9.17) is 16.3 Å². The molecule has 38 heavy (non-hydrogen) atoms. The first-order valence-electron chi connectivity index (χ1n) is 12.4. The molecule has 0 heterocycles. The highest BCUT2D eigenvalue weighted by molar-refractivity contribution is 6.34. The maximum atomic E-state index is 13.9. The van der Waals surface area contributed by atoms with E-state index in [0.717, 1.165) is 4.90 Å². The van der Waals surface area contributed by atoms with Gasteiger partial charge in [-0.1, -0.05) is 55.8 Å². The lowest BCUT2D eigenvalue weighted by atomic mass is 9.97. The number of ether oxygens (including phenoxy) is 1. The third-order valence-electron chi connectivity index (χ3n) is 5.82. The number of aliphatic hydroxyl groups is 1. The minimum Gasteiger partial charge on any atom is -0.507 e. The second-order valence-corrected chi connectivity index (χ2v) is 10.9. The van der Waals surface area contributed by atoms with Crippen LogP contribution in [0.3, 0.4) is 0 Å². The van der Waals surface area contributed by atoms with Gasteiger partial charge in [0.2, 0.25) is 5.91 Å². The van der Waals surface area contributed by atoms with Crippen molar-refractivity contribution in [3.05, 3.63) is 58.1 Å². The van der Waals surface area contributed by atoms with Crippen molar-refractivity contribution < 1.29 is 29.3 Å². The molecule has 3 amide bonds. The maximum Gasteiger partial charge on any atom is 0.408 e. The Kier molecular flexibility index (Phi) is 10.6. The number of amides is 3. The minimum atomic E-state index is -1.35. The fraction of sp³-hybridized carbons (Fsp3) is 0.464. The Bertz CT molecular complexity index is 1140. The molecule has 2 rings (SSSR count). The highest BCUT2D eigenvalue weighted by Crippen LogP contribution is 2.34. The molecule has 0 spiro atoms. The van der Waals surface area contributed by atoms with Crippen LogP contribution in [0.4, 0.5) is 10.5 Å². The summed E-state index contributed by atoms with van der Waals surface area (Å²) in [6, 6.07) is 7.57. The molecule has 0 aliphatic carbocycles. The highest BCUT2D eigenvalue weighted by atomic mass is 35.5. The van der Waals surface area contributed by atoms with E-state index >= 15 is 0 Å². The highest BCUT2D eigenvalue weighted by Gasteiger charge is 2.38. The third-order valence-corrected chi connectivity index (χ3v) is 6.14. The van der Waals surface area contributed by atoms with Crippen molar-refractivity contribution in [1.29, 1.82) is 0 Å². The van der Waals surface area contributed by atoms with Gasteiger partial charge >= 0.3 is 6.09 Å². The number of benzene rings is 2. The summed E-state index contributed by atoms with van der Waals surface area (Å²) in [5.41, 5.74) is 0.929. The van der Waals surface area contributed by atoms with Crippen molar-refractivity contribution in [2.45, 2.75) is 66.2 Å². The summed E-state index contributed by atoms with van der Waals surface area (Å²) >= 11 is 6.34. The molecule has 0 aromatic heterocycles. The first-order chi connectivity index (χ1) is 17.7. The van der Waals surface area contributed by atoms with Crippen molar-refractivity contribution in [3.8, 4) is 5.75 Å². The molecule has 0 saturated heterocycles. The molecule has 0 bridgehead atoms. The van der Waals surface area contributed by atoms with Gasteiger partial charge in [0.15, 0.2) is 0 Å². The Morgan fingerprint density at radius 3 is 2.21 bits per heavy atom. The van der Waals surface area contributed by atoms with Crippen LogP contribution in [0.15, 0.2) is 36.4 Å². The molecular weight excluding hydrogens is 510 g/mol. The van der Waals surface area contributed by atoms with Gasteiger partial charge in [0.25, 0.3) is 5.91 Å². The third kappa shape index (κ3) is 7.85. The molecular formula is C28H38ClN3O6. The molecule has 208 valence electrons. The molecule has 10 heteroatoms. The number of aliphatic hydroxyl groups excluding tert-OH is 1. The average molecular weight is 548 g/mol. The first-order valence-corrected chi connectivity index (χ1v) is 12.8. The minimum absolute atomic E-state index is 0.161. The molecule has 4 N–H and O–H groups in total. The lowest BCUT2D eigenvalue weighted by Crippen LogP contribution is -2.55. The number of phenols is 1. The number of hydrogen-bond acceptors (Lipinski definition) is 6. The average Bonchev–Trinajstić information content (AvgIpc) is 2.80. The van der Waals surface area contributed by atoms with Gasteiger partial charge in [-0.05, 0) is 57.7 Å². The lowest BCUT2D eigenvalue weighted by molar-refractivity contribution is -0.142. The molecule has 0 fully saturated rings. The van der Waals surface area contributed by atoms with Gasteiger partial charge in [-0.3, -0.25) is 9.59 Å². The summed E-state index contributed by atoms with van der Waals surface area (Å²) in [5.74, 6) is -1.84. The smallest absolute Gasteiger partial charge is 0.408 e. The topological polar surface area (TPSA) is 128 Å². The van der Waals surface area contributed by atoms with Crippen LogP contribution in [-0.2, 0) is 14.3 Å². The molecule has 2 unspecified atom stereocenters. The number of aromatic hydroxyl groups is 1. The largest absolute Gasteiger partial charge is 0.507 e. The summed E-state index contributed by atoms with van der Waals surface area (Å²) in [5, 5.41) is 26.5. The number of nitrogens with one attached hydrogen (secondary N) is 2. The predicted octanol–water partition coefficient (Wildman–Crippen LogP) is 4.71. The van der Waals surface area contributed by atoms with Crippen molar-refractivity contribution in [2.24, 2.45) is 5.92 Å². The van der Waals surface area contributed by atoms with Crippen molar-refractivity contribution >= 4 is 35.2 Å². The fourth-order valence-electron chi connectivity index (χ4n) is 3.94. The van der Waals surface area contributed by atoms with Crippen molar-refractivity contribution in [1.82, 2.24) is 10.2 Å². The fourth-order valence-corrected chi connectivity index (χ4v) is 4.20. The quantitative estimate of drug-likeness (QED) is 0.360. The number of hydrogen-bond donors (Lipinski definition) is 4. The van der Waals surface area contributed by atoms with Gasteiger partial charge in [-0.15, -0.1) is 0 Å². The number of phenolic OH excluding ortho intramolecular Hbond substituents is 1. The second-order valence-electron chi connectivity index (χ2n) is 10.5. The van der Waals surface area contributed by atoms with Crippen LogP contribution in [0.2, 0.25) is 5.02 Å². The van der Waals surface area contributed by atoms with E-state index in [0.29, 0.717) is 21.8 Å². The zero-order valence-corrected chi connectivity index (χ0v) is 23.7. The number of carbonyl (C=O) groups excluding carboxylic acids is 3. The van der Waals surface area contributed by atoms with E-state index in [-0.39, 0.29) is 17.9 Å². The second kappa shape index (κ2) is 13.0. The number of aryl methyl sites for hydroxylation is 2. The zero-order chi connectivity index (χ0) is 28.8. The maximum absolute atomic E-state index is 13.9. The SMILES string of the molecule is Cc1cccc(C(C(=O)Nc2c(C)cccc2Cl)N(CCO)C(=O)C(NC(=O)OC(C)(C)C)C(C)C)c1O. The van der Waals surface area contributed by atoms with Crippen LogP contribution >= 0.6 is 11.6 Å². The van der Waals surface area contributed by atoms with Gasteiger partial charge in [0, 0.05) is 12.1 Å². The van der Waals surface area contributed by atoms with Crippen LogP contribution in [0.25, 0.3) is 0 Å². The Balaban J connectivity index is 2.59. The molecule has 0 saturated carbocycles. The summed E-state index contributed by atoms with van der Waals surface area (Å²) in [6.45, 7) is 11.3. The van der Waals surface area contributed by atoms with Gasteiger partial charge in [-0.25, -0.2) is 4.79 Å². The molecule has 2 atom stereocenters. The first kappa shape index (κ1) is 30.9. The van der Waals surface area contributed by atoms with Crippen molar-refractivity contribution in [2.75, 3.05) is 18.5 Å².